The number of nitrogens with one attached hydrogen (secondary N) is 1. The Morgan fingerprint density at radius 3 is 2.74 bits per heavy atom. The third-order valence-electron chi connectivity index (χ3n) is 4.77. The molecule has 2 aromatic rings. The Kier molecular flexibility index (Phi) is 5.32. The van der Waals surface area contributed by atoms with Gasteiger partial charge in [0.25, 0.3) is 5.91 Å². The summed E-state index contributed by atoms with van der Waals surface area (Å²) in [6.45, 7) is 1.94. The highest BCUT2D eigenvalue weighted by Gasteiger charge is 2.35. The van der Waals surface area contributed by atoms with E-state index < -0.39 is 11.9 Å². The standard InChI is InChI=1S/C18H24F3N5O/c1-24(2)17(27)14-6-5-13(22-14)10-25(3)8-12-4-7-16-23-15(18(19,20)21)11-26(16)9-12/h5-6,11-12,22H,4,7-10H2,1-3H3. The Morgan fingerprint density at radius 2 is 2.07 bits per heavy atom. The molecular weight excluding hydrogens is 359 g/mol. The quantitative estimate of drug-likeness (QED) is 0.864. The first-order chi connectivity index (χ1) is 12.6. The zero-order valence-electron chi connectivity index (χ0n) is 15.7. The fraction of sp³-hybridized carbons (Fsp3) is 0.556. The predicted molar refractivity (Wildman–Crippen MR) is 94.2 cm³/mol. The second-order valence-corrected chi connectivity index (χ2v) is 7.39. The van der Waals surface area contributed by atoms with Gasteiger partial charge in [0.2, 0.25) is 0 Å². The lowest BCUT2D eigenvalue weighted by molar-refractivity contribution is -0.141. The molecule has 0 aliphatic carbocycles. The average molecular weight is 383 g/mol. The van der Waals surface area contributed by atoms with Crippen LogP contribution in [0.5, 0.6) is 0 Å². The molecule has 0 spiro atoms. The first kappa shape index (κ1) is 19.5. The van der Waals surface area contributed by atoms with Crippen LogP contribution in [0.3, 0.4) is 0 Å². The topological polar surface area (TPSA) is 57.2 Å². The molecule has 0 saturated heterocycles. The van der Waals surface area contributed by atoms with Crippen LogP contribution in [0.4, 0.5) is 13.2 Å². The Morgan fingerprint density at radius 1 is 1.33 bits per heavy atom. The van der Waals surface area contributed by atoms with Gasteiger partial charge in [-0.3, -0.25) is 4.79 Å². The van der Waals surface area contributed by atoms with Crippen LogP contribution in [-0.2, 0) is 25.7 Å². The van der Waals surface area contributed by atoms with Crippen molar-refractivity contribution < 1.29 is 18.0 Å². The highest BCUT2D eigenvalue weighted by atomic mass is 19.4. The van der Waals surface area contributed by atoms with Crippen molar-refractivity contribution in [3.63, 3.8) is 0 Å². The first-order valence-electron chi connectivity index (χ1n) is 8.85. The van der Waals surface area contributed by atoms with E-state index in [2.05, 4.69) is 14.9 Å². The fourth-order valence-electron chi connectivity index (χ4n) is 3.49. The Bertz CT molecular complexity index is 808. The summed E-state index contributed by atoms with van der Waals surface area (Å²) < 4.78 is 40.1. The molecule has 1 unspecified atom stereocenters. The summed E-state index contributed by atoms with van der Waals surface area (Å²) >= 11 is 0. The smallest absolute Gasteiger partial charge is 0.353 e. The van der Waals surface area contributed by atoms with E-state index in [0.717, 1.165) is 24.9 Å². The van der Waals surface area contributed by atoms with Gasteiger partial charge in [-0.1, -0.05) is 0 Å². The largest absolute Gasteiger partial charge is 0.434 e. The van der Waals surface area contributed by atoms with Crippen molar-refractivity contribution in [2.75, 3.05) is 27.7 Å². The molecule has 1 aliphatic rings. The van der Waals surface area contributed by atoms with E-state index in [-0.39, 0.29) is 11.8 Å². The van der Waals surface area contributed by atoms with Crippen molar-refractivity contribution in [2.45, 2.75) is 32.1 Å². The van der Waals surface area contributed by atoms with Crippen LogP contribution in [0, 0.1) is 5.92 Å². The number of hydrogen-bond donors (Lipinski definition) is 1. The number of hydrogen-bond acceptors (Lipinski definition) is 3. The Labute approximate surface area is 156 Å². The van der Waals surface area contributed by atoms with E-state index in [1.54, 1.807) is 24.7 Å². The van der Waals surface area contributed by atoms with Crippen molar-refractivity contribution in [2.24, 2.45) is 5.92 Å². The maximum absolute atomic E-state index is 12.8. The number of alkyl halides is 3. The van der Waals surface area contributed by atoms with Crippen molar-refractivity contribution in [3.05, 3.63) is 41.2 Å². The molecule has 0 saturated carbocycles. The predicted octanol–water partition coefficient (Wildman–Crippen LogP) is 2.63. The number of imidazole rings is 1. The van der Waals surface area contributed by atoms with Gasteiger partial charge in [-0.15, -0.1) is 0 Å². The van der Waals surface area contributed by atoms with Crippen LogP contribution in [0.1, 0.15) is 34.1 Å². The van der Waals surface area contributed by atoms with Gasteiger partial charge >= 0.3 is 6.18 Å². The normalized spacial score (nSPS) is 17.2. The van der Waals surface area contributed by atoms with Crippen LogP contribution in [0.2, 0.25) is 0 Å². The van der Waals surface area contributed by atoms with E-state index >= 15 is 0 Å². The van der Waals surface area contributed by atoms with Gasteiger partial charge in [0, 0.05) is 52.0 Å². The second kappa shape index (κ2) is 7.38. The fourth-order valence-corrected chi connectivity index (χ4v) is 3.49. The zero-order valence-corrected chi connectivity index (χ0v) is 15.7. The summed E-state index contributed by atoms with van der Waals surface area (Å²) in [4.78, 5) is 22.4. The second-order valence-electron chi connectivity index (χ2n) is 7.39. The molecule has 0 bridgehead atoms. The number of aryl methyl sites for hydroxylation is 1. The van der Waals surface area contributed by atoms with Gasteiger partial charge in [0.05, 0.1) is 0 Å². The summed E-state index contributed by atoms with van der Waals surface area (Å²) in [6, 6.07) is 3.65. The molecule has 1 atom stereocenters. The van der Waals surface area contributed by atoms with Crippen LogP contribution in [-0.4, -0.2) is 57.9 Å². The molecule has 3 rings (SSSR count). The molecule has 0 fully saturated rings. The minimum absolute atomic E-state index is 0.0794. The molecule has 0 radical (unpaired) electrons. The molecule has 148 valence electrons. The summed E-state index contributed by atoms with van der Waals surface area (Å²) in [7, 11) is 5.37. The van der Waals surface area contributed by atoms with Crippen molar-refractivity contribution >= 4 is 5.91 Å². The van der Waals surface area contributed by atoms with Gasteiger partial charge in [0.15, 0.2) is 5.69 Å². The summed E-state index contributed by atoms with van der Waals surface area (Å²) in [6.07, 6.45) is -1.91. The summed E-state index contributed by atoms with van der Waals surface area (Å²) in [5.74, 6) is 0.692. The molecule has 1 aliphatic heterocycles. The molecule has 0 aromatic carbocycles. The van der Waals surface area contributed by atoms with Gasteiger partial charge < -0.3 is 19.4 Å². The Balaban J connectivity index is 1.57. The number of fused-ring (bicyclic) bond motifs is 1. The van der Waals surface area contributed by atoms with E-state index in [1.165, 1.54) is 4.90 Å². The van der Waals surface area contributed by atoms with Gasteiger partial charge in [-0.25, -0.2) is 4.98 Å². The van der Waals surface area contributed by atoms with E-state index in [0.29, 0.717) is 31.0 Å². The molecule has 1 N–H and O–H groups in total. The number of aromatic nitrogens is 3. The van der Waals surface area contributed by atoms with Crippen LogP contribution >= 0.6 is 0 Å². The van der Waals surface area contributed by atoms with E-state index in [9.17, 15) is 18.0 Å². The van der Waals surface area contributed by atoms with Crippen LogP contribution < -0.4 is 0 Å². The lowest BCUT2D eigenvalue weighted by Crippen LogP contribution is -2.31. The number of H-pyrrole nitrogens is 1. The van der Waals surface area contributed by atoms with E-state index in [1.807, 2.05) is 13.1 Å². The zero-order chi connectivity index (χ0) is 19.8. The molecule has 27 heavy (non-hydrogen) atoms. The van der Waals surface area contributed by atoms with Gasteiger partial charge in [-0.05, 0) is 31.5 Å². The number of amides is 1. The number of halogens is 3. The number of aromatic amines is 1. The summed E-state index contributed by atoms with van der Waals surface area (Å²) in [5.41, 5.74) is 0.668. The Hall–Kier alpha value is -2.29. The third kappa shape index (κ3) is 4.52. The average Bonchev–Trinajstić information content (AvgIpc) is 3.19. The molecule has 2 aromatic heterocycles. The van der Waals surface area contributed by atoms with E-state index in [4.69, 9.17) is 0 Å². The van der Waals surface area contributed by atoms with Crippen molar-refractivity contribution in [3.8, 4) is 0 Å². The molecule has 3 heterocycles. The number of carbonyl (C=O) groups excluding carboxylic acids is 1. The van der Waals surface area contributed by atoms with Crippen LogP contribution in [0.25, 0.3) is 0 Å². The third-order valence-corrected chi connectivity index (χ3v) is 4.77. The lowest BCUT2D eigenvalue weighted by Gasteiger charge is -2.27. The first-order valence-corrected chi connectivity index (χ1v) is 8.85. The SMILES string of the molecule is CN(Cc1ccc(C(=O)N(C)C)[nH]1)CC1CCc2nc(C(F)(F)F)cn2C1. The molecule has 9 heteroatoms. The van der Waals surface area contributed by atoms with Crippen LogP contribution in [0.15, 0.2) is 18.3 Å². The van der Waals surface area contributed by atoms with Crippen molar-refractivity contribution in [1.29, 1.82) is 0 Å². The van der Waals surface area contributed by atoms with Crippen molar-refractivity contribution in [1.82, 2.24) is 24.3 Å². The lowest BCUT2D eigenvalue weighted by atomic mass is 9.99. The maximum Gasteiger partial charge on any atom is 0.434 e. The molecule has 6 nitrogen and oxygen atoms in total. The van der Waals surface area contributed by atoms with Gasteiger partial charge in [-0.2, -0.15) is 13.2 Å². The highest BCUT2D eigenvalue weighted by molar-refractivity contribution is 5.92. The number of carbonyl (C=O) groups is 1. The molecule has 1 amide bonds. The minimum Gasteiger partial charge on any atom is -0.353 e. The monoisotopic (exact) mass is 383 g/mol. The maximum atomic E-state index is 12.8. The molecular formula is C18H24F3N5O. The highest BCUT2D eigenvalue weighted by Crippen LogP contribution is 2.30. The summed E-state index contributed by atoms with van der Waals surface area (Å²) in [5, 5.41) is 0. The minimum atomic E-state index is -4.40. The number of rotatable bonds is 5. The van der Waals surface area contributed by atoms with Gasteiger partial charge in [0.1, 0.15) is 11.5 Å². The number of nitrogens with zero attached hydrogens (tertiary/aromatic N) is 4.